The number of ether oxygens (including phenoxy) is 1. The molecule has 1 spiro atoms. The van der Waals surface area contributed by atoms with Crippen LogP contribution in [0.25, 0.3) is 0 Å². The molecular formula is C19H29NO. The van der Waals surface area contributed by atoms with Crippen molar-refractivity contribution in [2.24, 2.45) is 5.41 Å². The number of benzene rings is 1. The zero-order chi connectivity index (χ0) is 14.9. The van der Waals surface area contributed by atoms with Gasteiger partial charge in [0.25, 0.3) is 0 Å². The van der Waals surface area contributed by atoms with E-state index < -0.39 is 0 Å². The molecule has 21 heavy (non-hydrogen) atoms. The average Bonchev–Trinajstić information content (AvgIpc) is 3.03. The second kappa shape index (κ2) is 6.00. The fraction of sp³-hybridized carbons (Fsp3) is 0.684. The van der Waals surface area contributed by atoms with Gasteiger partial charge in [0.05, 0.1) is 0 Å². The van der Waals surface area contributed by atoms with Crippen molar-refractivity contribution in [3.05, 3.63) is 29.8 Å². The second-order valence-electron chi connectivity index (χ2n) is 6.97. The van der Waals surface area contributed by atoms with Crippen molar-refractivity contribution in [3.8, 4) is 5.75 Å². The lowest BCUT2D eigenvalue weighted by molar-refractivity contribution is -0.0741. The van der Waals surface area contributed by atoms with Gasteiger partial charge in [0.15, 0.2) is 0 Å². The van der Waals surface area contributed by atoms with Crippen LogP contribution >= 0.6 is 0 Å². The van der Waals surface area contributed by atoms with Crippen molar-refractivity contribution < 1.29 is 4.74 Å². The van der Waals surface area contributed by atoms with Gasteiger partial charge in [-0.2, -0.15) is 0 Å². The van der Waals surface area contributed by atoms with Gasteiger partial charge < -0.3 is 10.1 Å². The lowest BCUT2D eigenvalue weighted by atomic mass is 9.60. The molecular weight excluding hydrogens is 258 g/mol. The van der Waals surface area contributed by atoms with Crippen molar-refractivity contribution in [1.29, 1.82) is 0 Å². The first kappa shape index (κ1) is 14.9. The molecule has 0 aromatic heterocycles. The third-order valence-electron chi connectivity index (χ3n) is 6.00. The molecule has 2 fully saturated rings. The van der Waals surface area contributed by atoms with Crippen LogP contribution in [0.4, 0.5) is 0 Å². The Bertz CT molecular complexity index is 478. The van der Waals surface area contributed by atoms with E-state index in [0.29, 0.717) is 23.5 Å². The van der Waals surface area contributed by atoms with Crippen molar-refractivity contribution in [2.45, 2.75) is 70.4 Å². The Kier molecular flexibility index (Phi) is 4.26. The smallest absolute Gasteiger partial charge is 0.123 e. The highest BCUT2D eigenvalue weighted by atomic mass is 16.5. The topological polar surface area (TPSA) is 21.3 Å². The number of nitrogens with one attached hydrogen (secondary N) is 1. The number of para-hydroxylation sites is 1. The largest absolute Gasteiger partial charge is 0.489 e. The highest BCUT2D eigenvalue weighted by Gasteiger charge is 2.57. The standard InChI is InChI=1S/C19H29NO/c1-4-14(2)15-9-5-6-10-16(15)21-18-13-17(20-3)19(18)11-7-8-12-19/h5-6,9-10,14,17-18,20H,4,7-8,11-13H2,1-3H3. The Balaban J connectivity index is 1.78. The molecule has 116 valence electrons. The number of hydrogen-bond donors (Lipinski definition) is 1. The monoisotopic (exact) mass is 287 g/mol. The van der Waals surface area contributed by atoms with E-state index in [4.69, 9.17) is 4.74 Å². The van der Waals surface area contributed by atoms with Crippen LogP contribution in [0, 0.1) is 5.41 Å². The minimum Gasteiger partial charge on any atom is -0.489 e. The molecule has 1 aromatic carbocycles. The fourth-order valence-corrected chi connectivity index (χ4v) is 4.39. The highest BCUT2D eigenvalue weighted by molar-refractivity contribution is 5.36. The molecule has 1 N–H and O–H groups in total. The quantitative estimate of drug-likeness (QED) is 0.861. The molecule has 0 heterocycles. The summed E-state index contributed by atoms with van der Waals surface area (Å²) >= 11 is 0. The summed E-state index contributed by atoms with van der Waals surface area (Å²) in [5.74, 6) is 1.69. The molecule has 1 aromatic rings. The van der Waals surface area contributed by atoms with Gasteiger partial charge in [-0.3, -0.25) is 0 Å². The van der Waals surface area contributed by atoms with E-state index in [9.17, 15) is 0 Å². The minimum absolute atomic E-state index is 0.400. The molecule has 2 aliphatic rings. The summed E-state index contributed by atoms with van der Waals surface area (Å²) in [6.07, 6.45) is 8.11. The van der Waals surface area contributed by atoms with Crippen LogP contribution in [0.1, 0.15) is 63.9 Å². The molecule has 0 saturated heterocycles. The third-order valence-corrected chi connectivity index (χ3v) is 6.00. The first-order valence-corrected chi connectivity index (χ1v) is 8.64. The summed E-state index contributed by atoms with van der Waals surface area (Å²) in [4.78, 5) is 0. The van der Waals surface area contributed by atoms with Gasteiger partial charge in [-0.15, -0.1) is 0 Å². The molecule has 0 radical (unpaired) electrons. The van der Waals surface area contributed by atoms with E-state index in [1.165, 1.54) is 31.2 Å². The Hall–Kier alpha value is -1.02. The fourth-order valence-electron chi connectivity index (χ4n) is 4.39. The molecule has 3 rings (SSSR count). The summed E-state index contributed by atoms with van der Waals surface area (Å²) in [5.41, 5.74) is 1.78. The SMILES string of the molecule is CCC(C)c1ccccc1OC1CC(NC)C12CCCC2. The minimum atomic E-state index is 0.400. The molecule has 0 amide bonds. The summed E-state index contributed by atoms with van der Waals surface area (Å²) in [6.45, 7) is 4.55. The normalized spacial score (nSPS) is 28.3. The predicted molar refractivity (Wildman–Crippen MR) is 87.9 cm³/mol. The molecule has 2 saturated carbocycles. The predicted octanol–water partition coefficient (Wildman–Crippen LogP) is 4.50. The maximum atomic E-state index is 6.53. The summed E-state index contributed by atoms with van der Waals surface area (Å²) in [6, 6.07) is 9.30. The van der Waals surface area contributed by atoms with Gasteiger partial charge in [0, 0.05) is 17.9 Å². The van der Waals surface area contributed by atoms with Crippen molar-refractivity contribution in [1.82, 2.24) is 5.32 Å². The van der Waals surface area contributed by atoms with E-state index in [0.717, 1.165) is 18.6 Å². The zero-order valence-corrected chi connectivity index (χ0v) is 13.7. The molecule has 2 heteroatoms. The van der Waals surface area contributed by atoms with E-state index >= 15 is 0 Å². The summed E-state index contributed by atoms with van der Waals surface area (Å²) < 4.78 is 6.53. The van der Waals surface area contributed by atoms with Gasteiger partial charge in [-0.05, 0) is 43.9 Å². The van der Waals surface area contributed by atoms with Crippen molar-refractivity contribution in [2.75, 3.05) is 7.05 Å². The highest BCUT2D eigenvalue weighted by Crippen LogP contribution is 2.54. The maximum absolute atomic E-state index is 6.53. The molecule has 3 unspecified atom stereocenters. The first-order valence-electron chi connectivity index (χ1n) is 8.64. The van der Waals surface area contributed by atoms with Gasteiger partial charge in [-0.25, -0.2) is 0 Å². The third kappa shape index (κ3) is 2.48. The van der Waals surface area contributed by atoms with Gasteiger partial charge in [0.2, 0.25) is 0 Å². The summed E-state index contributed by atoms with van der Waals surface area (Å²) in [5, 5.41) is 3.52. The Morgan fingerprint density at radius 1 is 1.29 bits per heavy atom. The van der Waals surface area contributed by atoms with E-state index in [2.05, 4.69) is 50.5 Å². The van der Waals surface area contributed by atoms with Gasteiger partial charge >= 0.3 is 0 Å². The Morgan fingerprint density at radius 2 is 2.00 bits per heavy atom. The lowest BCUT2D eigenvalue weighted by Gasteiger charge is -2.53. The second-order valence-corrected chi connectivity index (χ2v) is 6.97. The maximum Gasteiger partial charge on any atom is 0.123 e. The number of hydrogen-bond acceptors (Lipinski definition) is 2. The van der Waals surface area contributed by atoms with Crippen molar-refractivity contribution >= 4 is 0 Å². The Morgan fingerprint density at radius 3 is 2.67 bits per heavy atom. The molecule has 2 nitrogen and oxygen atoms in total. The van der Waals surface area contributed by atoms with Crippen LogP contribution in [0.15, 0.2) is 24.3 Å². The van der Waals surface area contributed by atoms with E-state index in [-0.39, 0.29) is 0 Å². The van der Waals surface area contributed by atoms with Crippen LogP contribution < -0.4 is 10.1 Å². The van der Waals surface area contributed by atoms with E-state index in [1.807, 2.05) is 0 Å². The van der Waals surface area contributed by atoms with Crippen LogP contribution in [0.2, 0.25) is 0 Å². The van der Waals surface area contributed by atoms with Crippen LogP contribution in [-0.2, 0) is 0 Å². The van der Waals surface area contributed by atoms with Gasteiger partial charge in [-0.1, -0.05) is 44.9 Å². The van der Waals surface area contributed by atoms with Crippen LogP contribution in [0.5, 0.6) is 5.75 Å². The first-order chi connectivity index (χ1) is 10.2. The van der Waals surface area contributed by atoms with E-state index in [1.54, 1.807) is 0 Å². The Labute approximate surface area is 129 Å². The molecule has 2 aliphatic carbocycles. The van der Waals surface area contributed by atoms with Crippen LogP contribution in [0.3, 0.4) is 0 Å². The van der Waals surface area contributed by atoms with Gasteiger partial charge in [0.1, 0.15) is 11.9 Å². The average molecular weight is 287 g/mol. The number of rotatable bonds is 5. The summed E-state index contributed by atoms with van der Waals surface area (Å²) in [7, 11) is 2.11. The van der Waals surface area contributed by atoms with Crippen LogP contribution in [-0.4, -0.2) is 19.2 Å². The zero-order valence-electron chi connectivity index (χ0n) is 13.7. The molecule has 0 aliphatic heterocycles. The molecule has 3 atom stereocenters. The molecule has 0 bridgehead atoms. The lowest BCUT2D eigenvalue weighted by Crippen LogP contribution is -2.63. The van der Waals surface area contributed by atoms with Crippen molar-refractivity contribution in [3.63, 3.8) is 0 Å².